The zero-order chi connectivity index (χ0) is 15.5. The Morgan fingerprint density at radius 2 is 2.10 bits per heavy atom. The summed E-state index contributed by atoms with van der Waals surface area (Å²) in [6.45, 7) is 2.30. The maximum absolute atomic E-state index is 12.6. The number of nitrogens with one attached hydrogen (secondary N) is 1. The average Bonchev–Trinajstić information content (AvgIpc) is 2.76. The SMILES string of the molecule is COC(=O)c1ccc(S(=O)(=O)N2CCCNCC2)cc1Cl. The summed E-state index contributed by atoms with van der Waals surface area (Å²) in [6.07, 6.45) is 0.757. The van der Waals surface area contributed by atoms with Crippen LogP contribution in [0.25, 0.3) is 0 Å². The predicted molar refractivity (Wildman–Crippen MR) is 79.0 cm³/mol. The van der Waals surface area contributed by atoms with Crippen molar-refractivity contribution >= 4 is 27.6 Å². The summed E-state index contributed by atoms with van der Waals surface area (Å²) in [4.78, 5) is 11.6. The van der Waals surface area contributed by atoms with Gasteiger partial charge in [0.2, 0.25) is 10.0 Å². The molecule has 1 heterocycles. The Hall–Kier alpha value is -1.15. The van der Waals surface area contributed by atoms with Gasteiger partial charge in [-0.25, -0.2) is 13.2 Å². The number of nitrogens with zero attached hydrogens (tertiary/aromatic N) is 1. The van der Waals surface area contributed by atoms with Gasteiger partial charge in [0, 0.05) is 19.6 Å². The van der Waals surface area contributed by atoms with Crippen LogP contribution in [0.2, 0.25) is 5.02 Å². The van der Waals surface area contributed by atoms with Crippen LogP contribution in [0.5, 0.6) is 0 Å². The van der Waals surface area contributed by atoms with Crippen LogP contribution in [0.15, 0.2) is 23.1 Å². The summed E-state index contributed by atoms with van der Waals surface area (Å²) in [5.41, 5.74) is 0.149. The Bertz CT molecular complexity index is 625. The van der Waals surface area contributed by atoms with Crippen LogP contribution in [-0.4, -0.2) is 52.0 Å². The quantitative estimate of drug-likeness (QED) is 0.839. The fourth-order valence-electron chi connectivity index (χ4n) is 2.14. The molecule has 1 fully saturated rings. The molecular formula is C13H17ClN2O4S. The van der Waals surface area contributed by atoms with Gasteiger partial charge < -0.3 is 10.1 Å². The summed E-state index contributed by atoms with van der Waals surface area (Å²) < 4.78 is 31.1. The molecule has 0 unspecified atom stereocenters. The average molecular weight is 333 g/mol. The fourth-order valence-corrected chi connectivity index (χ4v) is 3.97. The molecule has 6 nitrogen and oxygen atoms in total. The molecule has 0 saturated carbocycles. The number of sulfonamides is 1. The van der Waals surface area contributed by atoms with E-state index >= 15 is 0 Å². The summed E-state index contributed by atoms with van der Waals surface area (Å²) in [6, 6.07) is 4.05. The van der Waals surface area contributed by atoms with Gasteiger partial charge in [-0.3, -0.25) is 0 Å². The second kappa shape index (κ2) is 6.74. The molecule has 0 aromatic heterocycles. The van der Waals surface area contributed by atoms with Crippen molar-refractivity contribution in [1.29, 1.82) is 0 Å². The molecule has 0 radical (unpaired) electrons. The molecule has 2 rings (SSSR count). The second-order valence-electron chi connectivity index (χ2n) is 4.64. The van der Waals surface area contributed by atoms with E-state index in [1.165, 1.54) is 29.6 Å². The molecule has 1 aliphatic heterocycles. The lowest BCUT2D eigenvalue weighted by Crippen LogP contribution is -2.34. The predicted octanol–water partition coefficient (Wildman–Crippen LogP) is 1.11. The summed E-state index contributed by atoms with van der Waals surface area (Å²) in [5, 5.41) is 3.22. The molecule has 0 amide bonds. The number of hydrogen-bond donors (Lipinski definition) is 1. The third kappa shape index (κ3) is 3.55. The summed E-state index contributed by atoms with van der Waals surface area (Å²) in [7, 11) is -2.36. The number of halogens is 1. The molecule has 0 aliphatic carbocycles. The molecule has 1 aromatic rings. The van der Waals surface area contributed by atoms with Crippen LogP contribution in [0, 0.1) is 0 Å². The van der Waals surface area contributed by atoms with E-state index in [4.69, 9.17) is 11.6 Å². The highest BCUT2D eigenvalue weighted by atomic mass is 35.5. The smallest absolute Gasteiger partial charge is 0.339 e. The Labute approximate surface area is 129 Å². The van der Waals surface area contributed by atoms with Crippen molar-refractivity contribution in [2.75, 3.05) is 33.3 Å². The van der Waals surface area contributed by atoms with Crippen LogP contribution in [0.3, 0.4) is 0 Å². The normalized spacial score (nSPS) is 17.2. The van der Waals surface area contributed by atoms with Crippen molar-refractivity contribution in [3.05, 3.63) is 28.8 Å². The van der Waals surface area contributed by atoms with E-state index in [0.717, 1.165) is 13.0 Å². The Morgan fingerprint density at radius 3 is 2.76 bits per heavy atom. The van der Waals surface area contributed by atoms with Gasteiger partial charge >= 0.3 is 5.97 Å². The minimum Gasteiger partial charge on any atom is -0.465 e. The van der Waals surface area contributed by atoms with Crippen LogP contribution >= 0.6 is 11.6 Å². The first-order valence-electron chi connectivity index (χ1n) is 6.55. The van der Waals surface area contributed by atoms with Gasteiger partial charge in [0.05, 0.1) is 22.6 Å². The first kappa shape index (κ1) is 16.2. The molecular weight excluding hydrogens is 316 g/mol. The van der Waals surface area contributed by atoms with E-state index in [2.05, 4.69) is 10.1 Å². The number of benzene rings is 1. The number of methoxy groups -OCH3 is 1. The van der Waals surface area contributed by atoms with Crippen LogP contribution in [0.1, 0.15) is 16.8 Å². The van der Waals surface area contributed by atoms with Crippen molar-refractivity contribution in [2.24, 2.45) is 0 Å². The maximum atomic E-state index is 12.6. The van der Waals surface area contributed by atoms with Gasteiger partial charge in [0.25, 0.3) is 0 Å². The third-order valence-corrected chi connectivity index (χ3v) is 5.49. The van der Waals surface area contributed by atoms with E-state index in [-0.39, 0.29) is 15.5 Å². The first-order chi connectivity index (χ1) is 9.96. The molecule has 8 heteroatoms. The van der Waals surface area contributed by atoms with Crippen LogP contribution in [0.4, 0.5) is 0 Å². The molecule has 1 saturated heterocycles. The van der Waals surface area contributed by atoms with E-state index in [1.807, 2.05) is 0 Å². The van der Waals surface area contributed by atoms with E-state index in [9.17, 15) is 13.2 Å². The molecule has 0 bridgehead atoms. The lowest BCUT2D eigenvalue weighted by atomic mass is 10.2. The Morgan fingerprint density at radius 1 is 1.33 bits per heavy atom. The summed E-state index contributed by atoms with van der Waals surface area (Å²) in [5.74, 6) is -0.595. The van der Waals surface area contributed by atoms with Crippen molar-refractivity contribution in [2.45, 2.75) is 11.3 Å². The monoisotopic (exact) mass is 332 g/mol. The standard InChI is InChI=1S/C13H17ClN2O4S/c1-20-13(17)11-4-3-10(9-12(11)14)21(18,19)16-7-2-5-15-6-8-16/h3-4,9,15H,2,5-8H2,1H3. The number of carbonyl (C=O) groups excluding carboxylic acids is 1. The van der Waals surface area contributed by atoms with E-state index in [0.29, 0.717) is 19.6 Å². The van der Waals surface area contributed by atoms with Gasteiger partial charge in [-0.05, 0) is 31.2 Å². The minimum absolute atomic E-state index is 0.0656. The number of hydrogen-bond acceptors (Lipinski definition) is 5. The highest BCUT2D eigenvalue weighted by molar-refractivity contribution is 7.89. The van der Waals surface area contributed by atoms with E-state index < -0.39 is 16.0 Å². The van der Waals surface area contributed by atoms with Crippen LogP contribution < -0.4 is 5.32 Å². The molecule has 21 heavy (non-hydrogen) atoms. The van der Waals surface area contributed by atoms with Crippen molar-refractivity contribution in [3.8, 4) is 0 Å². The number of ether oxygens (including phenoxy) is 1. The van der Waals surface area contributed by atoms with Crippen LogP contribution in [-0.2, 0) is 14.8 Å². The first-order valence-corrected chi connectivity index (χ1v) is 8.37. The molecule has 0 spiro atoms. The van der Waals surface area contributed by atoms with Crippen molar-refractivity contribution in [3.63, 3.8) is 0 Å². The number of rotatable bonds is 3. The van der Waals surface area contributed by atoms with Gasteiger partial charge in [0.1, 0.15) is 0 Å². The topological polar surface area (TPSA) is 75.7 Å². The minimum atomic E-state index is -3.60. The third-order valence-electron chi connectivity index (χ3n) is 3.28. The number of carbonyl (C=O) groups is 1. The highest BCUT2D eigenvalue weighted by Gasteiger charge is 2.26. The van der Waals surface area contributed by atoms with Gasteiger partial charge in [0.15, 0.2) is 0 Å². The zero-order valence-electron chi connectivity index (χ0n) is 11.6. The Kier molecular flexibility index (Phi) is 5.21. The molecule has 0 atom stereocenters. The van der Waals surface area contributed by atoms with E-state index in [1.54, 1.807) is 0 Å². The molecule has 1 N–H and O–H groups in total. The Balaban J connectivity index is 2.32. The summed E-state index contributed by atoms with van der Waals surface area (Å²) >= 11 is 5.98. The van der Waals surface area contributed by atoms with Crippen molar-refractivity contribution < 1.29 is 17.9 Å². The molecule has 1 aromatic carbocycles. The van der Waals surface area contributed by atoms with Gasteiger partial charge in [-0.2, -0.15) is 4.31 Å². The van der Waals surface area contributed by atoms with Crippen molar-refractivity contribution in [1.82, 2.24) is 9.62 Å². The lowest BCUT2D eigenvalue weighted by Gasteiger charge is -2.20. The fraction of sp³-hybridized carbons (Fsp3) is 0.462. The lowest BCUT2D eigenvalue weighted by molar-refractivity contribution is 0.0601. The molecule has 1 aliphatic rings. The zero-order valence-corrected chi connectivity index (χ0v) is 13.2. The largest absolute Gasteiger partial charge is 0.465 e. The second-order valence-corrected chi connectivity index (χ2v) is 6.99. The van der Waals surface area contributed by atoms with Gasteiger partial charge in [-0.15, -0.1) is 0 Å². The number of esters is 1. The highest BCUT2D eigenvalue weighted by Crippen LogP contribution is 2.24. The maximum Gasteiger partial charge on any atom is 0.339 e. The molecule has 116 valence electrons. The van der Waals surface area contributed by atoms with Gasteiger partial charge in [-0.1, -0.05) is 11.6 Å².